The topological polar surface area (TPSA) is 115 Å². The number of carboxylic acid groups (broad SMARTS) is 1. The van der Waals surface area contributed by atoms with Gasteiger partial charge in [-0.2, -0.15) is 4.98 Å². The van der Waals surface area contributed by atoms with Gasteiger partial charge in [0.25, 0.3) is 11.8 Å². The van der Waals surface area contributed by atoms with E-state index in [0.29, 0.717) is 30.3 Å². The van der Waals surface area contributed by atoms with Crippen LogP contribution in [0.25, 0.3) is 22.5 Å². The number of benzene rings is 2. The van der Waals surface area contributed by atoms with Crippen LogP contribution >= 0.6 is 11.6 Å². The van der Waals surface area contributed by atoms with Gasteiger partial charge in [-0.3, -0.25) is 9.59 Å². The Labute approximate surface area is 213 Å². The van der Waals surface area contributed by atoms with Crippen molar-refractivity contribution in [2.75, 3.05) is 20.3 Å². The molecular weight excluding hydrogens is 482 g/mol. The molecule has 4 rings (SSSR count). The first-order chi connectivity index (χ1) is 17.3. The standard InChI is InChI=1S/C27H26ClN3O5/c1-27(16-35-2)15-19(9-11-21(27)17-6-4-3-5-7-17)26-30-24(31-36-26)18-8-10-20(22(28)14-18)25(34)29-13-12-23(32)33/h3-11,14H,12-13,15-16H2,1-2H3,(H,29,34)(H,32,33). The summed E-state index contributed by atoms with van der Waals surface area (Å²) in [5.74, 6) is -0.696. The highest BCUT2D eigenvalue weighted by Crippen LogP contribution is 2.45. The van der Waals surface area contributed by atoms with Crippen LogP contribution in [0.3, 0.4) is 0 Å². The predicted molar refractivity (Wildman–Crippen MR) is 136 cm³/mol. The molecule has 1 aromatic heterocycles. The minimum Gasteiger partial charge on any atom is -0.481 e. The first-order valence-corrected chi connectivity index (χ1v) is 11.8. The molecule has 3 aromatic rings. The molecule has 0 radical (unpaired) electrons. The van der Waals surface area contributed by atoms with E-state index in [1.165, 1.54) is 5.57 Å². The molecule has 186 valence electrons. The van der Waals surface area contributed by atoms with E-state index in [0.717, 1.165) is 11.1 Å². The Bertz CT molecular complexity index is 1330. The average Bonchev–Trinajstić information content (AvgIpc) is 3.34. The van der Waals surface area contributed by atoms with Crippen molar-refractivity contribution < 1.29 is 24.0 Å². The Morgan fingerprint density at radius 3 is 2.64 bits per heavy atom. The zero-order valence-electron chi connectivity index (χ0n) is 20.0. The normalized spacial score (nSPS) is 17.3. The second kappa shape index (κ2) is 10.9. The monoisotopic (exact) mass is 507 g/mol. The zero-order valence-corrected chi connectivity index (χ0v) is 20.7. The van der Waals surface area contributed by atoms with E-state index in [2.05, 4.69) is 40.6 Å². The number of methoxy groups -OCH3 is 1. The van der Waals surface area contributed by atoms with Crippen molar-refractivity contribution in [1.82, 2.24) is 15.5 Å². The lowest BCUT2D eigenvalue weighted by molar-refractivity contribution is -0.136. The van der Waals surface area contributed by atoms with Crippen LogP contribution in [0.4, 0.5) is 0 Å². The van der Waals surface area contributed by atoms with Gasteiger partial charge in [0.15, 0.2) is 0 Å². The fourth-order valence-electron chi connectivity index (χ4n) is 4.30. The van der Waals surface area contributed by atoms with Crippen LogP contribution in [0.2, 0.25) is 5.02 Å². The highest BCUT2D eigenvalue weighted by Gasteiger charge is 2.35. The van der Waals surface area contributed by atoms with E-state index in [9.17, 15) is 9.59 Å². The number of nitrogens with zero attached hydrogens (tertiary/aromatic N) is 2. The molecule has 0 aliphatic heterocycles. The van der Waals surface area contributed by atoms with Crippen molar-refractivity contribution >= 4 is 34.6 Å². The number of carbonyl (C=O) groups is 2. The molecule has 8 nitrogen and oxygen atoms in total. The fraction of sp³-hybridized carbons (Fsp3) is 0.259. The number of amides is 1. The van der Waals surface area contributed by atoms with Crippen LogP contribution in [0.5, 0.6) is 0 Å². The van der Waals surface area contributed by atoms with E-state index in [-0.39, 0.29) is 29.0 Å². The second-order valence-corrected chi connectivity index (χ2v) is 9.23. The van der Waals surface area contributed by atoms with Crippen molar-refractivity contribution in [3.8, 4) is 11.4 Å². The number of aromatic nitrogens is 2. The molecule has 36 heavy (non-hydrogen) atoms. The van der Waals surface area contributed by atoms with Crippen LogP contribution < -0.4 is 5.32 Å². The van der Waals surface area contributed by atoms with Crippen LogP contribution in [0, 0.1) is 5.41 Å². The summed E-state index contributed by atoms with van der Waals surface area (Å²) in [5, 5.41) is 15.6. The molecule has 2 N–H and O–H groups in total. The molecular formula is C27H26ClN3O5. The molecule has 9 heteroatoms. The van der Waals surface area contributed by atoms with Crippen molar-refractivity contribution in [3.63, 3.8) is 0 Å². The van der Waals surface area contributed by atoms with Crippen molar-refractivity contribution in [2.45, 2.75) is 19.8 Å². The highest BCUT2D eigenvalue weighted by molar-refractivity contribution is 6.34. The lowest BCUT2D eigenvalue weighted by Gasteiger charge is -2.34. The quantitative estimate of drug-likeness (QED) is 0.413. The number of carboxylic acids is 1. The highest BCUT2D eigenvalue weighted by atomic mass is 35.5. The van der Waals surface area contributed by atoms with Crippen LogP contribution in [-0.2, 0) is 9.53 Å². The van der Waals surface area contributed by atoms with Gasteiger partial charge >= 0.3 is 5.97 Å². The summed E-state index contributed by atoms with van der Waals surface area (Å²) >= 11 is 6.32. The Morgan fingerprint density at radius 1 is 1.17 bits per heavy atom. The summed E-state index contributed by atoms with van der Waals surface area (Å²) in [4.78, 5) is 27.5. The minimum atomic E-state index is -0.993. The Morgan fingerprint density at radius 2 is 1.94 bits per heavy atom. The van der Waals surface area contributed by atoms with Gasteiger partial charge < -0.3 is 19.7 Å². The summed E-state index contributed by atoms with van der Waals surface area (Å²) in [6.07, 6.45) is 4.55. The number of rotatable bonds is 9. The Balaban J connectivity index is 1.56. The molecule has 1 heterocycles. The van der Waals surface area contributed by atoms with Gasteiger partial charge in [-0.15, -0.1) is 0 Å². The summed E-state index contributed by atoms with van der Waals surface area (Å²) in [7, 11) is 1.69. The summed E-state index contributed by atoms with van der Waals surface area (Å²) in [6.45, 7) is 2.69. The lowest BCUT2D eigenvalue weighted by atomic mass is 9.71. The number of allylic oxidation sites excluding steroid dienone is 3. The number of nitrogens with one attached hydrogen (secondary N) is 1. The number of halogens is 1. The van der Waals surface area contributed by atoms with Gasteiger partial charge in [0.1, 0.15) is 0 Å². The van der Waals surface area contributed by atoms with Crippen LogP contribution in [0.15, 0.2) is 65.2 Å². The second-order valence-electron chi connectivity index (χ2n) is 8.83. The SMILES string of the molecule is COCC1(C)CC(c2nc(-c3ccc(C(=O)NCCC(=O)O)c(Cl)c3)no2)=CC=C1c1ccccc1. The zero-order chi connectivity index (χ0) is 25.7. The third kappa shape index (κ3) is 5.56. The molecule has 0 fully saturated rings. The molecule has 0 spiro atoms. The van der Waals surface area contributed by atoms with Crippen LogP contribution in [0.1, 0.15) is 41.6 Å². The van der Waals surface area contributed by atoms with E-state index in [1.807, 2.05) is 24.3 Å². The maximum absolute atomic E-state index is 12.3. The average molecular weight is 508 g/mol. The van der Waals surface area contributed by atoms with E-state index >= 15 is 0 Å². The van der Waals surface area contributed by atoms with Gasteiger partial charge in [-0.05, 0) is 29.7 Å². The summed E-state index contributed by atoms with van der Waals surface area (Å²) < 4.78 is 11.2. The Hall–Kier alpha value is -3.75. The molecule has 1 amide bonds. The lowest BCUT2D eigenvalue weighted by Crippen LogP contribution is -2.27. The molecule has 0 saturated carbocycles. The first-order valence-electron chi connectivity index (χ1n) is 11.4. The van der Waals surface area contributed by atoms with Crippen molar-refractivity contribution in [3.05, 3.63) is 82.7 Å². The van der Waals surface area contributed by atoms with Gasteiger partial charge in [0.05, 0.1) is 23.6 Å². The molecule has 1 aliphatic rings. The van der Waals surface area contributed by atoms with Gasteiger partial charge in [0.2, 0.25) is 5.82 Å². The summed E-state index contributed by atoms with van der Waals surface area (Å²) in [6, 6.07) is 15.0. The van der Waals surface area contributed by atoms with Gasteiger partial charge in [-0.25, -0.2) is 0 Å². The van der Waals surface area contributed by atoms with E-state index < -0.39 is 11.9 Å². The fourth-order valence-corrected chi connectivity index (χ4v) is 4.57. The number of carbonyl (C=O) groups excluding carboxylic acids is 1. The van der Waals surface area contributed by atoms with Crippen molar-refractivity contribution in [2.24, 2.45) is 5.41 Å². The number of hydrogen-bond acceptors (Lipinski definition) is 6. The number of ether oxygens (including phenoxy) is 1. The third-order valence-corrected chi connectivity index (χ3v) is 6.34. The van der Waals surface area contributed by atoms with E-state index in [4.69, 9.17) is 26.0 Å². The summed E-state index contributed by atoms with van der Waals surface area (Å²) in [5.41, 5.74) is 3.76. The van der Waals surface area contributed by atoms with Crippen LogP contribution in [-0.4, -0.2) is 47.4 Å². The molecule has 1 atom stereocenters. The molecule has 0 bridgehead atoms. The smallest absolute Gasteiger partial charge is 0.305 e. The largest absolute Gasteiger partial charge is 0.481 e. The van der Waals surface area contributed by atoms with Gasteiger partial charge in [-0.1, -0.05) is 72.2 Å². The van der Waals surface area contributed by atoms with Gasteiger partial charge in [0, 0.05) is 30.2 Å². The maximum Gasteiger partial charge on any atom is 0.305 e. The maximum atomic E-state index is 12.3. The number of hydrogen-bond donors (Lipinski definition) is 2. The molecule has 1 unspecified atom stereocenters. The van der Waals surface area contributed by atoms with E-state index in [1.54, 1.807) is 25.3 Å². The molecule has 1 aliphatic carbocycles. The number of aliphatic carboxylic acids is 1. The Kier molecular flexibility index (Phi) is 7.67. The first kappa shape index (κ1) is 25.3. The molecule has 0 saturated heterocycles. The minimum absolute atomic E-state index is 0.0119. The van der Waals surface area contributed by atoms with Crippen molar-refractivity contribution in [1.29, 1.82) is 0 Å². The molecule has 2 aromatic carbocycles. The third-order valence-electron chi connectivity index (χ3n) is 6.03. The predicted octanol–water partition coefficient (Wildman–Crippen LogP) is 5.12.